The van der Waals surface area contributed by atoms with Gasteiger partial charge in [0.05, 0.1) is 17.7 Å². The Morgan fingerprint density at radius 3 is 1.97 bits per heavy atom. The topological polar surface area (TPSA) is 107 Å². The smallest absolute Gasteiger partial charge is 0.426 e. The molecule has 0 heterocycles. The van der Waals surface area contributed by atoms with Gasteiger partial charge in [-0.2, -0.15) is 21.6 Å². The second kappa shape index (κ2) is 9.95. The molecule has 0 bridgehead atoms. The van der Waals surface area contributed by atoms with E-state index in [9.17, 15) is 31.2 Å². The highest BCUT2D eigenvalue weighted by Crippen LogP contribution is 2.26. The van der Waals surface area contributed by atoms with Crippen LogP contribution in [0.1, 0.15) is 38.8 Å². The molecular formula is C15H21B4F3O7S. The third-order valence-electron chi connectivity index (χ3n) is 4.65. The molecule has 0 amide bonds. The number of halogens is 3. The summed E-state index contributed by atoms with van der Waals surface area (Å²) in [5, 5.41) is 0. The molecule has 0 aliphatic heterocycles. The van der Waals surface area contributed by atoms with Crippen LogP contribution in [0, 0.1) is 0 Å². The number of alkyl halides is 3. The molecule has 0 saturated heterocycles. The van der Waals surface area contributed by atoms with Crippen LogP contribution in [-0.4, -0.2) is 80.9 Å². The zero-order chi connectivity index (χ0) is 23.4. The lowest BCUT2D eigenvalue weighted by Gasteiger charge is -2.24. The molecule has 0 saturated carbocycles. The zero-order valence-corrected chi connectivity index (χ0v) is 18.2. The van der Waals surface area contributed by atoms with Crippen LogP contribution < -0.4 is 10.9 Å². The van der Waals surface area contributed by atoms with Crippen molar-refractivity contribution in [3.63, 3.8) is 0 Å². The fourth-order valence-corrected chi connectivity index (χ4v) is 4.01. The first kappa shape index (κ1) is 26.2. The first-order valence-electron chi connectivity index (χ1n) is 9.24. The van der Waals surface area contributed by atoms with E-state index in [1.165, 1.54) is 6.92 Å². The maximum atomic E-state index is 13.2. The van der Waals surface area contributed by atoms with Gasteiger partial charge < -0.3 is 9.47 Å². The Labute approximate surface area is 176 Å². The van der Waals surface area contributed by atoms with Crippen molar-refractivity contribution in [2.45, 2.75) is 31.8 Å². The lowest BCUT2D eigenvalue weighted by molar-refractivity contribution is -0.197. The van der Waals surface area contributed by atoms with Crippen molar-refractivity contribution in [3.8, 4) is 0 Å². The van der Waals surface area contributed by atoms with Crippen LogP contribution in [0.3, 0.4) is 0 Å². The van der Waals surface area contributed by atoms with E-state index in [1.807, 2.05) is 7.85 Å². The van der Waals surface area contributed by atoms with Gasteiger partial charge in [-0.3, -0.25) is 4.55 Å². The van der Waals surface area contributed by atoms with Gasteiger partial charge in [0.25, 0.3) is 10.1 Å². The van der Waals surface area contributed by atoms with Gasteiger partial charge in [-0.15, -0.1) is 0 Å². The molecule has 30 heavy (non-hydrogen) atoms. The van der Waals surface area contributed by atoms with Crippen molar-refractivity contribution < 1.29 is 45.2 Å². The Hall–Kier alpha value is -1.88. The number of esters is 2. The lowest BCUT2D eigenvalue weighted by atomic mass is 9.68. The summed E-state index contributed by atoms with van der Waals surface area (Å²) in [6.07, 6.45) is -7.66. The molecule has 0 fully saturated rings. The summed E-state index contributed by atoms with van der Waals surface area (Å²) < 4.78 is 79.9. The van der Waals surface area contributed by atoms with Gasteiger partial charge in [-0.1, -0.05) is 29.1 Å². The number of carbonyl (C=O) groups is 2. The number of benzene rings is 1. The van der Waals surface area contributed by atoms with E-state index >= 15 is 0 Å². The highest BCUT2D eigenvalue weighted by atomic mass is 32.2. The SMILES string of the molecule is BCc1c(B)c(CB)c(C(=O)OC(CS(=O)(=O)O)C(F)(F)F)c(C(=O)OCC)c1B. The Bertz CT molecular complexity index is 935. The van der Waals surface area contributed by atoms with Crippen LogP contribution in [0.25, 0.3) is 0 Å². The highest BCUT2D eigenvalue weighted by Gasteiger charge is 2.46. The van der Waals surface area contributed by atoms with E-state index in [0.717, 1.165) is 5.56 Å². The van der Waals surface area contributed by atoms with Gasteiger partial charge >= 0.3 is 18.1 Å². The standard InChI is InChI=1S/C15H21B4F3O7S/c1-2-28-13(23)10-9(6(3-16)11(18)7(4-17)12(10)19)14(24)29-8(15(20,21)22)5-30(25,26)27/h8H,2-5,16-19H2,1H3,(H,25,26,27). The Morgan fingerprint density at radius 2 is 1.57 bits per heavy atom. The van der Waals surface area contributed by atoms with Gasteiger partial charge in [0, 0.05) is 0 Å². The molecule has 1 rings (SSSR count). The van der Waals surface area contributed by atoms with Gasteiger partial charge in [-0.25, -0.2) is 9.59 Å². The van der Waals surface area contributed by atoms with Crippen LogP contribution >= 0.6 is 0 Å². The summed E-state index contributed by atoms with van der Waals surface area (Å²) in [6.45, 7) is 1.50. The summed E-state index contributed by atoms with van der Waals surface area (Å²) in [4.78, 5) is 25.4. The molecule has 1 atom stereocenters. The molecular weight excluding hydrogens is 424 g/mol. The maximum absolute atomic E-state index is 13.2. The molecule has 1 N–H and O–H groups in total. The number of hydrogen-bond acceptors (Lipinski definition) is 6. The van der Waals surface area contributed by atoms with Crippen molar-refractivity contribution in [2.24, 2.45) is 0 Å². The van der Waals surface area contributed by atoms with Crippen LogP contribution in [0.5, 0.6) is 0 Å². The zero-order valence-electron chi connectivity index (χ0n) is 17.3. The van der Waals surface area contributed by atoms with Crippen molar-refractivity contribution in [3.05, 3.63) is 22.3 Å². The van der Waals surface area contributed by atoms with Gasteiger partial charge in [-0.05, 0) is 12.5 Å². The minimum absolute atomic E-state index is 0.0303. The number of ether oxygens (including phenoxy) is 2. The molecule has 0 aliphatic carbocycles. The average Bonchev–Trinajstić information content (AvgIpc) is 2.59. The van der Waals surface area contributed by atoms with Crippen molar-refractivity contribution in [1.82, 2.24) is 0 Å². The normalized spacial score (nSPS) is 13.0. The van der Waals surface area contributed by atoms with E-state index in [0.29, 0.717) is 22.8 Å². The molecule has 1 aromatic carbocycles. The van der Waals surface area contributed by atoms with Crippen molar-refractivity contribution in [2.75, 3.05) is 12.4 Å². The van der Waals surface area contributed by atoms with Crippen LogP contribution in [0.2, 0.25) is 0 Å². The predicted octanol–water partition coefficient (Wildman–Crippen LogP) is -3.38. The van der Waals surface area contributed by atoms with E-state index < -0.39 is 45.7 Å². The Kier molecular flexibility index (Phi) is 8.68. The summed E-state index contributed by atoms with van der Waals surface area (Å²) >= 11 is 0. The second-order valence-electron chi connectivity index (χ2n) is 6.57. The molecule has 1 aromatic rings. The van der Waals surface area contributed by atoms with Crippen molar-refractivity contribution >= 4 is 64.4 Å². The average molecular weight is 446 g/mol. The first-order chi connectivity index (χ1) is 13.7. The monoisotopic (exact) mass is 446 g/mol. The number of rotatable bonds is 8. The lowest BCUT2D eigenvalue weighted by Crippen LogP contribution is -2.41. The molecule has 0 spiro atoms. The van der Waals surface area contributed by atoms with Crippen molar-refractivity contribution in [1.29, 1.82) is 0 Å². The molecule has 1 unspecified atom stereocenters. The fourth-order valence-electron chi connectivity index (χ4n) is 3.37. The molecule has 0 aliphatic rings. The van der Waals surface area contributed by atoms with Gasteiger partial charge in [0.15, 0.2) is 0 Å². The summed E-state index contributed by atoms with van der Waals surface area (Å²) in [5.74, 6) is -4.27. The quantitative estimate of drug-likeness (QED) is 0.253. The summed E-state index contributed by atoms with van der Waals surface area (Å²) in [7, 11) is 1.61. The van der Waals surface area contributed by atoms with Gasteiger partial charge in [0.2, 0.25) is 6.10 Å². The molecule has 162 valence electrons. The molecule has 15 heteroatoms. The third kappa shape index (κ3) is 6.07. The van der Waals surface area contributed by atoms with E-state index in [2.05, 4.69) is 4.74 Å². The van der Waals surface area contributed by atoms with E-state index in [4.69, 9.17) is 9.29 Å². The first-order valence-corrected chi connectivity index (χ1v) is 10.8. The Balaban J connectivity index is 3.71. The van der Waals surface area contributed by atoms with Crippen LogP contribution in [0.4, 0.5) is 13.2 Å². The van der Waals surface area contributed by atoms with Crippen LogP contribution in [0.15, 0.2) is 0 Å². The highest BCUT2D eigenvalue weighted by molar-refractivity contribution is 7.85. The predicted molar refractivity (Wildman–Crippen MR) is 115 cm³/mol. The van der Waals surface area contributed by atoms with Gasteiger partial charge in [0.1, 0.15) is 37.1 Å². The second-order valence-corrected chi connectivity index (χ2v) is 8.07. The van der Waals surface area contributed by atoms with E-state index in [1.54, 1.807) is 23.5 Å². The largest absolute Gasteiger partial charge is 0.462 e. The minimum Gasteiger partial charge on any atom is -0.462 e. The molecule has 7 nitrogen and oxygen atoms in total. The summed E-state index contributed by atoms with van der Waals surface area (Å²) in [5.41, 5.74) is 1.43. The maximum Gasteiger partial charge on any atom is 0.426 e. The number of hydrogen-bond donors (Lipinski definition) is 1. The number of carbonyl (C=O) groups excluding carboxylic acids is 2. The van der Waals surface area contributed by atoms with Crippen LogP contribution in [-0.2, 0) is 32.2 Å². The minimum atomic E-state index is -5.25. The Morgan fingerprint density at radius 1 is 1.03 bits per heavy atom. The fraction of sp³-hybridized carbons (Fsp3) is 0.467. The molecule has 0 radical (unpaired) electrons. The third-order valence-corrected chi connectivity index (χ3v) is 5.38. The summed E-state index contributed by atoms with van der Waals surface area (Å²) in [6, 6.07) is 0. The molecule has 0 aromatic heterocycles. The van der Waals surface area contributed by atoms with E-state index in [-0.39, 0.29) is 18.5 Å².